The van der Waals surface area contributed by atoms with Gasteiger partial charge in [0.25, 0.3) is 11.8 Å². The highest BCUT2D eigenvalue weighted by atomic mass is 32.2. The van der Waals surface area contributed by atoms with Gasteiger partial charge in [0, 0.05) is 18.1 Å². The maximum Gasteiger partial charge on any atom is 0.261 e. The first-order chi connectivity index (χ1) is 11.2. The number of rotatable bonds is 6. The van der Waals surface area contributed by atoms with Gasteiger partial charge in [-0.3, -0.25) is 14.5 Å². The highest BCUT2D eigenvalue weighted by Crippen LogP contribution is 2.23. The van der Waals surface area contributed by atoms with Gasteiger partial charge >= 0.3 is 0 Å². The average Bonchev–Trinajstić information content (AvgIpc) is 2.84. The molecule has 2 aromatic rings. The number of hydrogen-bond donors (Lipinski definition) is 1. The zero-order valence-corrected chi connectivity index (χ0v) is 13.3. The number of benzene rings is 2. The van der Waals surface area contributed by atoms with Crippen molar-refractivity contribution in [2.45, 2.75) is 6.10 Å². The number of carbonyl (C=O) groups is 2. The number of aliphatic hydroxyl groups is 1. The van der Waals surface area contributed by atoms with E-state index >= 15 is 0 Å². The Balaban J connectivity index is 1.50. The Morgan fingerprint density at radius 2 is 1.48 bits per heavy atom. The number of aliphatic hydroxyl groups excluding tert-OH is 1. The van der Waals surface area contributed by atoms with E-state index in [0.29, 0.717) is 29.2 Å². The molecule has 0 fully saturated rings. The van der Waals surface area contributed by atoms with Gasteiger partial charge in [0.2, 0.25) is 0 Å². The van der Waals surface area contributed by atoms with Crippen LogP contribution in [-0.2, 0) is 0 Å². The van der Waals surface area contributed by atoms with Gasteiger partial charge in [0.15, 0.2) is 0 Å². The van der Waals surface area contributed by atoms with Gasteiger partial charge < -0.3 is 5.11 Å². The first-order valence-corrected chi connectivity index (χ1v) is 8.60. The minimum atomic E-state index is -0.539. The maximum atomic E-state index is 12.2. The summed E-state index contributed by atoms with van der Waals surface area (Å²) in [6.45, 7) is 0.360. The van der Waals surface area contributed by atoms with Crippen LogP contribution in [0.4, 0.5) is 0 Å². The number of carbonyl (C=O) groups excluding carboxylic acids is 2. The Labute approximate surface area is 139 Å². The second-order valence-corrected chi connectivity index (χ2v) is 6.46. The molecule has 1 N–H and O–H groups in total. The van der Waals surface area contributed by atoms with Crippen molar-refractivity contribution >= 4 is 23.6 Å². The van der Waals surface area contributed by atoms with E-state index < -0.39 is 6.10 Å². The van der Waals surface area contributed by atoms with Crippen molar-refractivity contribution in [2.75, 3.05) is 18.1 Å². The quantitative estimate of drug-likeness (QED) is 0.655. The van der Waals surface area contributed by atoms with E-state index in [1.54, 1.807) is 24.3 Å². The number of thioether (sulfide) groups is 1. The molecule has 1 atom stereocenters. The molecule has 3 rings (SSSR count). The van der Waals surface area contributed by atoms with E-state index in [0.717, 1.165) is 5.56 Å². The molecule has 1 aliphatic rings. The smallest absolute Gasteiger partial charge is 0.261 e. The molecule has 23 heavy (non-hydrogen) atoms. The van der Waals surface area contributed by atoms with Crippen molar-refractivity contribution in [1.29, 1.82) is 0 Å². The van der Waals surface area contributed by atoms with Crippen LogP contribution in [0.25, 0.3) is 0 Å². The van der Waals surface area contributed by atoms with Crippen LogP contribution in [0.1, 0.15) is 32.4 Å². The molecule has 0 saturated carbocycles. The first kappa shape index (κ1) is 15.8. The average molecular weight is 327 g/mol. The van der Waals surface area contributed by atoms with Crippen LogP contribution < -0.4 is 0 Å². The van der Waals surface area contributed by atoms with Crippen molar-refractivity contribution < 1.29 is 14.7 Å². The Bertz CT molecular complexity index is 682. The standard InChI is InChI=1S/C18H17NO3S/c20-16(13-6-2-1-3-7-13)12-23-11-10-19-17(21)14-8-4-5-9-15(14)18(19)22/h1-9,16,20H,10-12H2. The van der Waals surface area contributed by atoms with Crippen molar-refractivity contribution in [3.63, 3.8) is 0 Å². The predicted molar refractivity (Wildman–Crippen MR) is 90.5 cm³/mol. The van der Waals surface area contributed by atoms with Crippen LogP contribution in [0.15, 0.2) is 54.6 Å². The number of amides is 2. The second-order valence-electron chi connectivity index (χ2n) is 5.31. The minimum Gasteiger partial charge on any atom is -0.388 e. The summed E-state index contributed by atoms with van der Waals surface area (Å²) in [6, 6.07) is 16.3. The summed E-state index contributed by atoms with van der Waals surface area (Å²) >= 11 is 1.53. The highest BCUT2D eigenvalue weighted by Gasteiger charge is 2.34. The Kier molecular flexibility index (Phi) is 4.79. The van der Waals surface area contributed by atoms with Crippen LogP contribution in [0, 0.1) is 0 Å². The molecule has 0 radical (unpaired) electrons. The largest absolute Gasteiger partial charge is 0.388 e. The summed E-state index contributed by atoms with van der Waals surface area (Å²) in [4.78, 5) is 25.7. The second kappa shape index (κ2) is 6.98. The molecule has 0 saturated heterocycles. The van der Waals surface area contributed by atoms with E-state index in [2.05, 4.69) is 0 Å². The lowest BCUT2D eigenvalue weighted by atomic mass is 10.1. The summed E-state index contributed by atoms with van der Waals surface area (Å²) in [5.74, 6) is 0.687. The van der Waals surface area contributed by atoms with Crippen LogP contribution in [0.2, 0.25) is 0 Å². The number of nitrogens with zero attached hydrogens (tertiary/aromatic N) is 1. The van der Waals surface area contributed by atoms with Crippen LogP contribution >= 0.6 is 11.8 Å². The molecule has 0 aliphatic carbocycles. The normalized spacial score (nSPS) is 14.9. The van der Waals surface area contributed by atoms with E-state index in [4.69, 9.17) is 0 Å². The molecule has 1 unspecified atom stereocenters. The van der Waals surface area contributed by atoms with Gasteiger partial charge in [-0.25, -0.2) is 0 Å². The van der Waals surface area contributed by atoms with E-state index in [1.807, 2.05) is 30.3 Å². The molecule has 1 aliphatic heterocycles. The molecular weight excluding hydrogens is 310 g/mol. The molecule has 118 valence electrons. The van der Waals surface area contributed by atoms with Gasteiger partial charge in [-0.1, -0.05) is 42.5 Å². The summed E-state index contributed by atoms with van der Waals surface area (Å²) < 4.78 is 0. The van der Waals surface area contributed by atoms with Gasteiger partial charge in [-0.2, -0.15) is 11.8 Å². The summed E-state index contributed by atoms with van der Waals surface area (Å²) in [7, 11) is 0. The molecular formula is C18H17NO3S. The molecule has 1 heterocycles. The Hall–Kier alpha value is -2.11. The SMILES string of the molecule is O=C1c2ccccc2C(=O)N1CCSCC(O)c1ccccc1. The van der Waals surface area contributed by atoms with Gasteiger partial charge in [0.05, 0.1) is 17.2 Å². The monoisotopic (exact) mass is 327 g/mol. The zero-order chi connectivity index (χ0) is 16.2. The van der Waals surface area contributed by atoms with Gasteiger partial charge in [0.1, 0.15) is 0 Å². The lowest BCUT2D eigenvalue weighted by molar-refractivity contribution is 0.0664. The maximum absolute atomic E-state index is 12.2. The van der Waals surface area contributed by atoms with Crippen molar-refractivity contribution in [3.05, 3.63) is 71.3 Å². The molecule has 0 spiro atoms. The molecule has 0 aromatic heterocycles. The number of fused-ring (bicyclic) bond motifs is 1. The Morgan fingerprint density at radius 3 is 2.09 bits per heavy atom. The number of imide groups is 1. The van der Waals surface area contributed by atoms with Gasteiger partial charge in [-0.15, -0.1) is 0 Å². The van der Waals surface area contributed by atoms with E-state index in [-0.39, 0.29) is 11.8 Å². The van der Waals surface area contributed by atoms with Gasteiger partial charge in [-0.05, 0) is 17.7 Å². The third kappa shape index (κ3) is 3.30. The number of hydrogen-bond acceptors (Lipinski definition) is 4. The van der Waals surface area contributed by atoms with Crippen molar-refractivity contribution in [2.24, 2.45) is 0 Å². The topological polar surface area (TPSA) is 57.6 Å². The molecule has 2 amide bonds. The molecule has 0 bridgehead atoms. The van der Waals surface area contributed by atoms with E-state index in [9.17, 15) is 14.7 Å². The molecule has 2 aromatic carbocycles. The fourth-order valence-corrected chi connectivity index (χ4v) is 3.46. The zero-order valence-electron chi connectivity index (χ0n) is 12.5. The fraction of sp³-hybridized carbons (Fsp3) is 0.222. The minimum absolute atomic E-state index is 0.227. The fourth-order valence-electron chi connectivity index (χ4n) is 2.56. The van der Waals surface area contributed by atoms with Crippen molar-refractivity contribution in [3.8, 4) is 0 Å². The Morgan fingerprint density at radius 1 is 0.913 bits per heavy atom. The van der Waals surface area contributed by atoms with E-state index in [1.165, 1.54) is 16.7 Å². The summed E-state index contributed by atoms with van der Waals surface area (Å²) in [5, 5.41) is 10.1. The van der Waals surface area contributed by atoms with Crippen LogP contribution in [0.3, 0.4) is 0 Å². The molecule has 4 nitrogen and oxygen atoms in total. The predicted octanol–water partition coefficient (Wildman–Crippen LogP) is 2.75. The third-order valence-electron chi connectivity index (χ3n) is 3.80. The summed E-state index contributed by atoms with van der Waals surface area (Å²) in [5.41, 5.74) is 1.83. The van der Waals surface area contributed by atoms with Crippen LogP contribution in [0.5, 0.6) is 0 Å². The third-order valence-corrected chi connectivity index (χ3v) is 4.82. The molecule has 5 heteroatoms. The van der Waals surface area contributed by atoms with Crippen molar-refractivity contribution in [1.82, 2.24) is 4.90 Å². The van der Waals surface area contributed by atoms with Crippen LogP contribution in [-0.4, -0.2) is 39.9 Å². The lowest BCUT2D eigenvalue weighted by Gasteiger charge is -2.14. The summed E-state index contributed by atoms with van der Waals surface area (Å²) in [6.07, 6.45) is -0.539. The lowest BCUT2D eigenvalue weighted by Crippen LogP contribution is -2.32. The first-order valence-electron chi connectivity index (χ1n) is 7.44. The highest BCUT2D eigenvalue weighted by molar-refractivity contribution is 7.99.